The second-order valence-electron chi connectivity index (χ2n) is 3.91. The van der Waals surface area contributed by atoms with Gasteiger partial charge in [-0.05, 0) is 6.92 Å². The van der Waals surface area contributed by atoms with Crippen molar-refractivity contribution in [2.45, 2.75) is 41.8 Å². The monoisotopic (exact) mass is 318 g/mol. The van der Waals surface area contributed by atoms with Gasteiger partial charge in [-0.25, -0.2) is 8.78 Å². The molecule has 0 aliphatic carbocycles. The maximum Gasteiger partial charge on any atom is 0.448 e. The highest BCUT2D eigenvalue weighted by Gasteiger charge is 2.79. The first-order valence-electron chi connectivity index (χ1n) is 4.61. The molecule has 0 aromatic heterocycles. The molecular weight excluding hydrogens is 312 g/mol. The van der Waals surface area contributed by atoms with Gasteiger partial charge >= 0.3 is 23.3 Å². The molecule has 1 heterocycles. The van der Waals surface area contributed by atoms with Crippen LogP contribution < -0.4 is 0 Å². The van der Waals surface area contributed by atoms with Gasteiger partial charge < -0.3 is 4.74 Å². The second-order valence-corrected chi connectivity index (χ2v) is 5.29. The fourth-order valence-electron chi connectivity index (χ4n) is 1.34. The first-order valence-corrected chi connectivity index (χ1v) is 5.49. The van der Waals surface area contributed by atoms with Crippen molar-refractivity contribution in [3.63, 3.8) is 0 Å². The lowest BCUT2D eigenvalue weighted by Gasteiger charge is -2.30. The van der Waals surface area contributed by atoms with Gasteiger partial charge in [-0.3, -0.25) is 4.79 Å². The molecule has 11 heteroatoms. The Kier molecular flexibility index (Phi) is 3.77. The molecule has 0 unspecified atom stereocenters. The number of hydrogen-bond donors (Lipinski definition) is 0. The third-order valence-electron chi connectivity index (χ3n) is 2.11. The smallest absolute Gasteiger partial charge is 0.428 e. The Bertz CT molecular complexity index is 354. The number of esters is 1. The summed E-state index contributed by atoms with van der Waals surface area (Å²) in [7, 11) is 0. The van der Waals surface area contributed by atoms with E-state index in [2.05, 4.69) is 4.74 Å². The molecule has 0 aromatic rings. The molecule has 1 rings (SSSR count). The molecule has 0 bridgehead atoms. The first-order chi connectivity index (χ1) is 8.20. The van der Waals surface area contributed by atoms with Crippen molar-refractivity contribution < 1.29 is 44.7 Å². The van der Waals surface area contributed by atoms with E-state index in [0.717, 1.165) is 0 Å². The highest BCUT2D eigenvalue weighted by atomic mass is 32.2. The predicted octanol–water partition coefficient (Wildman–Crippen LogP) is 3.51. The highest BCUT2D eigenvalue weighted by Crippen LogP contribution is 2.58. The normalized spacial score (nSPS) is 24.5. The molecule has 0 N–H and O–H groups in total. The summed E-state index contributed by atoms with van der Waals surface area (Å²) in [5, 5.41) is -2.23. The zero-order valence-electron chi connectivity index (χ0n) is 9.03. The van der Waals surface area contributed by atoms with Crippen LogP contribution in [0.15, 0.2) is 0 Å². The molecule has 2 nitrogen and oxygen atoms in total. The van der Waals surface area contributed by atoms with Crippen LogP contribution in [0.5, 0.6) is 0 Å². The van der Waals surface area contributed by atoms with Crippen LogP contribution in [0.4, 0.5) is 35.1 Å². The summed E-state index contributed by atoms with van der Waals surface area (Å²) in [5.74, 6) is -5.55. The maximum atomic E-state index is 12.6. The quantitative estimate of drug-likeness (QED) is 0.576. The van der Waals surface area contributed by atoms with Gasteiger partial charge in [0.15, 0.2) is 0 Å². The summed E-state index contributed by atoms with van der Waals surface area (Å²) in [4.78, 5) is 6.20. The third-order valence-corrected chi connectivity index (χ3v) is 3.63. The van der Waals surface area contributed by atoms with Crippen LogP contribution in [-0.4, -0.2) is 34.4 Å². The van der Waals surface area contributed by atoms with Crippen molar-refractivity contribution in [1.29, 1.82) is 0 Å². The maximum absolute atomic E-state index is 12.6. The van der Waals surface area contributed by atoms with Crippen LogP contribution in [0.25, 0.3) is 0 Å². The van der Waals surface area contributed by atoms with E-state index >= 15 is 0 Å². The largest absolute Gasteiger partial charge is 0.448 e. The number of ether oxygens (including phenoxy) is 1. The van der Waals surface area contributed by atoms with E-state index in [1.165, 1.54) is 0 Å². The molecule has 0 amide bonds. The molecule has 19 heavy (non-hydrogen) atoms. The fourth-order valence-corrected chi connectivity index (χ4v) is 2.66. The molecule has 0 saturated carbocycles. The fraction of sp³-hybridized carbons (Fsp3) is 0.875. The van der Waals surface area contributed by atoms with E-state index in [-0.39, 0.29) is 6.92 Å². The van der Waals surface area contributed by atoms with Gasteiger partial charge in [0, 0.05) is 6.42 Å². The average molecular weight is 318 g/mol. The van der Waals surface area contributed by atoms with Gasteiger partial charge in [0.2, 0.25) is 5.92 Å². The molecule has 1 aliphatic rings. The summed E-state index contributed by atoms with van der Waals surface area (Å²) in [6, 6.07) is 0. The molecular formula is C8H6F8O2S. The van der Waals surface area contributed by atoms with Gasteiger partial charge in [-0.15, -0.1) is 0 Å². The molecule has 112 valence electrons. The third kappa shape index (κ3) is 3.06. The lowest BCUT2D eigenvalue weighted by Crippen LogP contribution is -2.54. The number of cyclic esters (lactones) is 1. The summed E-state index contributed by atoms with van der Waals surface area (Å²) < 4.78 is 104. The van der Waals surface area contributed by atoms with E-state index in [1.54, 1.807) is 0 Å². The van der Waals surface area contributed by atoms with Gasteiger partial charge in [-0.1, -0.05) is 11.8 Å². The second kappa shape index (κ2) is 4.38. The molecule has 0 radical (unpaired) electrons. The van der Waals surface area contributed by atoms with Gasteiger partial charge in [0.1, 0.15) is 5.25 Å². The standard InChI is InChI=1S/C8H6F8O2S/c1-5(9,10)2-3-4(17)18-6(19-3,7(11,12)13)8(14,15)16/h3H,2H2,1H3/t3-/m1/s1. The van der Waals surface area contributed by atoms with Crippen LogP contribution in [0, 0.1) is 0 Å². The molecule has 1 fully saturated rings. The van der Waals surface area contributed by atoms with E-state index < -0.39 is 52.6 Å². The molecule has 0 spiro atoms. The van der Waals surface area contributed by atoms with Crippen molar-refractivity contribution in [1.82, 2.24) is 0 Å². The average Bonchev–Trinajstić information content (AvgIpc) is 2.39. The van der Waals surface area contributed by atoms with Crippen molar-refractivity contribution in [2.75, 3.05) is 0 Å². The Hall–Kier alpha value is -0.740. The van der Waals surface area contributed by atoms with Gasteiger partial charge in [0.05, 0.1) is 0 Å². The predicted molar refractivity (Wildman–Crippen MR) is 47.6 cm³/mol. The SMILES string of the molecule is CC(F)(F)C[C@H]1SC(C(F)(F)F)(C(F)(F)F)OC1=O. The van der Waals surface area contributed by atoms with Gasteiger partial charge in [0.25, 0.3) is 0 Å². The molecule has 1 aliphatic heterocycles. The lowest BCUT2D eigenvalue weighted by atomic mass is 10.2. The van der Waals surface area contributed by atoms with E-state index in [1.807, 2.05) is 0 Å². The van der Waals surface area contributed by atoms with Crippen LogP contribution in [-0.2, 0) is 9.53 Å². The van der Waals surface area contributed by atoms with E-state index in [0.29, 0.717) is 0 Å². The van der Waals surface area contributed by atoms with Crippen LogP contribution in [0.1, 0.15) is 13.3 Å². The zero-order chi connectivity index (χ0) is 15.3. The van der Waals surface area contributed by atoms with Crippen molar-refractivity contribution in [3.05, 3.63) is 0 Å². The molecule has 1 atom stereocenters. The minimum atomic E-state index is -5.96. The number of halogens is 8. The lowest BCUT2D eigenvalue weighted by molar-refractivity contribution is -0.327. The first kappa shape index (κ1) is 16.3. The Morgan fingerprint density at radius 1 is 1.11 bits per heavy atom. The zero-order valence-corrected chi connectivity index (χ0v) is 9.85. The van der Waals surface area contributed by atoms with Crippen LogP contribution in [0.2, 0.25) is 0 Å². The number of hydrogen-bond acceptors (Lipinski definition) is 3. The number of carbonyl (C=O) groups is 1. The highest BCUT2D eigenvalue weighted by molar-refractivity contribution is 8.02. The summed E-state index contributed by atoms with van der Waals surface area (Å²) in [6.45, 7) is 0.280. The van der Waals surface area contributed by atoms with Crippen molar-refractivity contribution in [3.8, 4) is 0 Å². The van der Waals surface area contributed by atoms with E-state index in [4.69, 9.17) is 0 Å². The Balaban J connectivity index is 3.11. The minimum Gasteiger partial charge on any atom is -0.428 e. The topological polar surface area (TPSA) is 26.3 Å². The number of carbonyl (C=O) groups excluding carboxylic acids is 1. The Morgan fingerprint density at radius 2 is 1.53 bits per heavy atom. The number of rotatable bonds is 2. The Morgan fingerprint density at radius 3 is 1.79 bits per heavy atom. The van der Waals surface area contributed by atoms with Crippen molar-refractivity contribution in [2.24, 2.45) is 0 Å². The summed E-state index contributed by atoms with van der Waals surface area (Å²) in [6.07, 6.45) is -13.4. The van der Waals surface area contributed by atoms with Gasteiger partial charge in [-0.2, -0.15) is 26.3 Å². The Labute approximate surface area is 105 Å². The summed E-state index contributed by atoms with van der Waals surface area (Å²) in [5.41, 5.74) is 0. The minimum absolute atomic E-state index is 0.280. The molecule has 0 aromatic carbocycles. The molecule has 1 saturated heterocycles. The van der Waals surface area contributed by atoms with Crippen LogP contribution >= 0.6 is 11.8 Å². The van der Waals surface area contributed by atoms with E-state index in [9.17, 15) is 39.9 Å². The van der Waals surface area contributed by atoms with Crippen molar-refractivity contribution >= 4 is 17.7 Å². The number of thioether (sulfide) groups is 1. The van der Waals surface area contributed by atoms with Crippen LogP contribution in [0.3, 0.4) is 0 Å². The summed E-state index contributed by atoms with van der Waals surface area (Å²) >= 11 is -0.995. The number of alkyl halides is 8.